The lowest BCUT2D eigenvalue weighted by molar-refractivity contribution is -0.132. The lowest BCUT2D eigenvalue weighted by Gasteiger charge is -2.34. The van der Waals surface area contributed by atoms with E-state index in [2.05, 4.69) is 10.3 Å². The largest absolute Gasteiger partial charge is 0.340 e. The average molecular weight is 376 g/mol. The van der Waals surface area contributed by atoms with E-state index in [-0.39, 0.29) is 5.91 Å². The molecule has 0 atom stereocenters. The molecule has 1 aromatic carbocycles. The number of rotatable bonds is 5. The fourth-order valence-corrected chi connectivity index (χ4v) is 4.40. The maximum atomic E-state index is 12.5. The van der Waals surface area contributed by atoms with Crippen LogP contribution in [0.25, 0.3) is 0 Å². The van der Waals surface area contributed by atoms with E-state index in [1.807, 2.05) is 29.2 Å². The summed E-state index contributed by atoms with van der Waals surface area (Å²) in [4.78, 5) is 21.6. The summed E-state index contributed by atoms with van der Waals surface area (Å²) in [5.41, 5.74) is 2.09. The van der Waals surface area contributed by atoms with E-state index in [0.717, 1.165) is 44.2 Å². The molecule has 1 saturated heterocycles. The molecule has 6 heteroatoms. The van der Waals surface area contributed by atoms with Crippen molar-refractivity contribution >= 4 is 28.8 Å². The molecule has 4 rings (SSSR count). The van der Waals surface area contributed by atoms with E-state index in [1.54, 1.807) is 11.3 Å². The van der Waals surface area contributed by atoms with Crippen LogP contribution in [-0.2, 0) is 17.8 Å². The van der Waals surface area contributed by atoms with Crippen LogP contribution in [0, 0.1) is 0 Å². The molecule has 0 bridgehead atoms. The minimum absolute atomic E-state index is 0.164. The zero-order valence-corrected chi connectivity index (χ0v) is 15.7. The van der Waals surface area contributed by atoms with Gasteiger partial charge in [0.15, 0.2) is 0 Å². The van der Waals surface area contributed by atoms with Crippen molar-refractivity contribution in [3.63, 3.8) is 0 Å². The molecule has 0 radical (unpaired) electrons. The SMILES string of the molecule is O=C(Cc1ccccc1Cl)N1CCN(Cc2csc(C3CC3)n2)CC1. The quantitative estimate of drug-likeness (QED) is 0.801. The Bertz CT molecular complexity index is 751. The molecule has 2 aromatic rings. The Morgan fingerprint density at radius 2 is 1.96 bits per heavy atom. The number of nitrogens with zero attached hydrogens (tertiary/aromatic N) is 3. The number of amides is 1. The van der Waals surface area contributed by atoms with Crippen LogP contribution in [0.1, 0.15) is 35.0 Å². The Labute approximate surface area is 157 Å². The van der Waals surface area contributed by atoms with Crippen LogP contribution in [0.4, 0.5) is 0 Å². The summed E-state index contributed by atoms with van der Waals surface area (Å²) in [6, 6.07) is 7.58. The van der Waals surface area contributed by atoms with Crippen molar-refractivity contribution < 1.29 is 4.79 Å². The molecule has 1 saturated carbocycles. The van der Waals surface area contributed by atoms with Crippen LogP contribution >= 0.6 is 22.9 Å². The van der Waals surface area contributed by atoms with Gasteiger partial charge in [-0.1, -0.05) is 29.8 Å². The van der Waals surface area contributed by atoms with Gasteiger partial charge in [-0.15, -0.1) is 11.3 Å². The summed E-state index contributed by atoms with van der Waals surface area (Å²) < 4.78 is 0. The normalized spacial score (nSPS) is 18.5. The minimum Gasteiger partial charge on any atom is -0.340 e. The maximum absolute atomic E-state index is 12.5. The lowest BCUT2D eigenvalue weighted by Crippen LogP contribution is -2.48. The molecule has 2 aliphatic rings. The molecule has 4 nitrogen and oxygen atoms in total. The van der Waals surface area contributed by atoms with Crippen LogP contribution in [0.3, 0.4) is 0 Å². The summed E-state index contributed by atoms with van der Waals surface area (Å²) in [5, 5.41) is 4.18. The predicted octanol–water partition coefficient (Wildman–Crippen LogP) is 3.56. The molecular formula is C19H22ClN3OS. The van der Waals surface area contributed by atoms with Crippen molar-refractivity contribution in [2.24, 2.45) is 0 Å². The van der Waals surface area contributed by atoms with Gasteiger partial charge in [-0.25, -0.2) is 4.98 Å². The Morgan fingerprint density at radius 3 is 2.68 bits per heavy atom. The van der Waals surface area contributed by atoms with Crippen molar-refractivity contribution in [3.05, 3.63) is 50.9 Å². The van der Waals surface area contributed by atoms with Gasteiger partial charge in [0.05, 0.1) is 17.1 Å². The van der Waals surface area contributed by atoms with Crippen molar-refractivity contribution in [2.75, 3.05) is 26.2 Å². The molecule has 1 amide bonds. The summed E-state index contributed by atoms with van der Waals surface area (Å²) >= 11 is 7.97. The summed E-state index contributed by atoms with van der Waals surface area (Å²) in [7, 11) is 0. The summed E-state index contributed by atoms with van der Waals surface area (Å²) in [5.74, 6) is 0.899. The smallest absolute Gasteiger partial charge is 0.227 e. The van der Waals surface area contributed by atoms with E-state index in [9.17, 15) is 4.79 Å². The number of aromatic nitrogens is 1. The molecule has 2 fully saturated rings. The van der Waals surface area contributed by atoms with E-state index in [0.29, 0.717) is 11.4 Å². The summed E-state index contributed by atoms with van der Waals surface area (Å²) in [6.07, 6.45) is 2.99. The maximum Gasteiger partial charge on any atom is 0.227 e. The fourth-order valence-electron chi connectivity index (χ4n) is 3.21. The number of halogens is 1. The Hall–Kier alpha value is -1.43. The van der Waals surface area contributed by atoms with Crippen LogP contribution in [0.2, 0.25) is 5.02 Å². The standard InChI is InChI=1S/C19H22ClN3OS/c20-17-4-2-1-3-15(17)11-18(24)23-9-7-22(8-10-23)12-16-13-25-19(21-16)14-5-6-14/h1-4,13-14H,5-12H2. The van der Waals surface area contributed by atoms with Crippen molar-refractivity contribution in [2.45, 2.75) is 31.7 Å². The number of benzene rings is 1. The molecule has 1 aromatic heterocycles. The van der Waals surface area contributed by atoms with E-state index in [4.69, 9.17) is 16.6 Å². The fraction of sp³-hybridized carbons (Fsp3) is 0.474. The monoisotopic (exact) mass is 375 g/mol. The Balaban J connectivity index is 1.27. The van der Waals surface area contributed by atoms with Crippen LogP contribution < -0.4 is 0 Å². The first-order chi connectivity index (χ1) is 12.2. The third-order valence-electron chi connectivity index (χ3n) is 4.91. The van der Waals surface area contributed by atoms with Crippen molar-refractivity contribution in [1.29, 1.82) is 0 Å². The van der Waals surface area contributed by atoms with Gasteiger partial charge < -0.3 is 4.90 Å². The number of thiazole rings is 1. The Morgan fingerprint density at radius 1 is 1.20 bits per heavy atom. The number of hydrogen-bond donors (Lipinski definition) is 0. The zero-order valence-electron chi connectivity index (χ0n) is 14.2. The first kappa shape index (κ1) is 17.0. The minimum atomic E-state index is 0.164. The second-order valence-corrected chi connectivity index (χ2v) is 8.17. The third kappa shape index (κ3) is 4.22. The molecule has 2 heterocycles. The number of carbonyl (C=O) groups is 1. The topological polar surface area (TPSA) is 36.4 Å². The highest BCUT2D eigenvalue weighted by atomic mass is 35.5. The van der Waals surface area contributed by atoms with E-state index >= 15 is 0 Å². The molecule has 0 unspecified atom stereocenters. The molecule has 25 heavy (non-hydrogen) atoms. The van der Waals surface area contributed by atoms with Gasteiger partial charge in [-0.05, 0) is 24.5 Å². The molecule has 1 aliphatic carbocycles. The third-order valence-corrected chi connectivity index (χ3v) is 6.33. The van der Waals surface area contributed by atoms with Crippen LogP contribution in [0.5, 0.6) is 0 Å². The number of hydrogen-bond acceptors (Lipinski definition) is 4. The lowest BCUT2D eigenvalue weighted by atomic mass is 10.1. The van der Waals surface area contributed by atoms with Gasteiger partial charge in [0, 0.05) is 49.0 Å². The van der Waals surface area contributed by atoms with Gasteiger partial charge in [-0.3, -0.25) is 9.69 Å². The van der Waals surface area contributed by atoms with Crippen LogP contribution in [0.15, 0.2) is 29.6 Å². The first-order valence-corrected chi connectivity index (χ1v) is 10.1. The van der Waals surface area contributed by atoms with Gasteiger partial charge >= 0.3 is 0 Å². The molecule has 0 N–H and O–H groups in total. The predicted molar refractivity (Wildman–Crippen MR) is 101 cm³/mol. The zero-order chi connectivity index (χ0) is 17.2. The van der Waals surface area contributed by atoms with Gasteiger partial charge in [0.25, 0.3) is 0 Å². The average Bonchev–Trinajstić information content (AvgIpc) is 3.37. The number of carbonyl (C=O) groups excluding carboxylic acids is 1. The van der Waals surface area contributed by atoms with E-state index in [1.165, 1.54) is 23.5 Å². The van der Waals surface area contributed by atoms with Crippen LogP contribution in [-0.4, -0.2) is 46.9 Å². The van der Waals surface area contributed by atoms with Gasteiger partial charge in [0.1, 0.15) is 0 Å². The first-order valence-electron chi connectivity index (χ1n) is 8.87. The second kappa shape index (κ2) is 7.44. The summed E-state index contributed by atoms with van der Waals surface area (Å²) in [6.45, 7) is 4.27. The molecule has 132 valence electrons. The highest BCUT2D eigenvalue weighted by molar-refractivity contribution is 7.09. The van der Waals surface area contributed by atoms with Gasteiger partial charge in [0.2, 0.25) is 5.91 Å². The second-order valence-electron chi connectivity index (χ2n) is 6.88. The Kier molecular flexibility index (Phi) is 5.06. The van der Waals surface area contributed by atoms with Gasteiger partial charge in [-0.2, -0.15) is 0 Å². The molecule has 1 aliphatic heterocycles. The van der Waals surface area contributed by atoms with Crippen molar-refractivity contribution in [1.82, 2.24) is 14.8 Å². The number of piperazine rings is 1. The van der Waals surface area contributed by atoms with E-state index < -0.39 is 0 Å². The van der Waals surface area contributed by atoms with Crippen molar-refractivity contribution in [3.8, 4) is 0 Å². The highest BCUT2D eigenvalue weighted by Gasteiger charge is 2.27. The molecular weight excluding hydrogens is 354 g/mol. The molecule has 0 spiro atoms. The highest BCUT2D eigenvalue weighted by Crippen LogP contribution is 2.41.